The van der Waals surface area contributed by atoms with E-state index in [2.05, 4.69) is 0 Å². The Morgan fingerprint density at radius 2 is 2.33 bits per heavy atom. The van der Waals surface area contributed by atoms with Gasteiger partial charge in [-0.2, -0.15) is 0 Å². The van der Waals surface area contributed by atoms with Crippen LogP contribution in [-0.4, -0.2) is 10.4 Å². The van der Waals surface area contributed by atoms with Gasteiger partial charge in [0.25, 0.3) is 0 Å². The highest BCUT2D eigenvalue weighted by Gasteiger charge is 2.11. The quantitative estimate of drug-likeness (QED) is 0.560. The Hall–Kier alpha value is -0.370. The zero-order valence-electron chi connectivity index (χ0n) is 5.59. The Bertz CT molecular complexity index is 170. The van der Waals surface area contributed by atoms with Crippen LogP contribution in [0, 0.1) is 0 Å². The highest BCUT2D eigenvalue weighted by atomic mass is 32.2. The van der Waals surface area contributed by atoms with Crippen molar-refractivity contribution in [1.29, 1.82) is 0 Å². The Kier molecular flexibility index (Phi) is 1.86. The maximum atomic E-state index is 9.25. The normalized spacial score (nSPS) is 27.1. The van der Waals surface area contributed by atoms with Crippen molar-refractivity contribution >= 4 is 11.8 Å². The van der Waals surface area contributed by atoms with Crippen molar-refractivity contribution in [2.24, 2.45) is 0 Å². The van der Waals surface area contributed by atoms with Gasteiger partial charge in [-0.1, -0.05) is 0 Å². The fraction of sp³-hybridized carbons (Fsp3) is 0.429. The van der Waals surface area contributed by atoms with Crippen molar-refractivity contribution in [1.82, 2.24) is 0 Å². The van der Waals surface area contributed by atoms with Crippen molar-refractivity contribution in [2.75, 3.05) is 0 Å². The summed E-state index contributed by atoms with van der Waals surface area (Å²) in [6.45, 7) is 3.91. The predicted octanol–water partition coefficient (Wildman–Crippen LogP) is 2.47. The minimum absolute atomic E-state index is 0.245. The van der Waals surface area contributed by atoms with Gasteiger partial charge in [-0.15, -0.1) is 11.8 Å². The number of hydrogen-bond acceptors (Lipinski definition) is 2. The van der Waals surface area contributed by atoms with Gasteiger partial charge in [0.05, 0.1) is 5.25 Å². The van der Waals surface area contributed by atoms with Crippen molar-refractivity contribution in [3.05, 3.63) is 22.8 Å². The van der Waals surface area contributed by atoms with E-state index in [1.54, 1.807) is 11.8 Å². The molecule has 1 unspecified atom stereocenters. The van der Waals surface area contributed by atoms with E-state index in [0.29, 0.717) is 5.76 Å². The van der Waals surface area contributed by atoms with E-state index in [1.807, 2.05) is 25.3 Å². The van der Waals surface area contributed by atoms with Crippen LogP contribution in [0.25, 0.3) is 0 Å². The summed E-state index contributed by atoms with van der Waals surface area (Å²) < 4.78 is 0. The van der Waals surface area contributed by atoms with Crippen LogP contribution < -0.4 is 0 Å². The van der Waals surface area contributed by atoms with Crippen LogP contribution in [0.15, 0.2) is 22.8 Å². The second-order valence-electron chi connectivity index (χ2n) is 2.15. The molecule has 0 aromatic heterocycles. The first kappa shape index (κ1) is 6.75. The summed E-state index contributed by atoms with van der Waals surface area (Å²) in [5.41, 5.74) is 0.987. The van der Waals surface area contributed by atoms with E-state index in [0.717, 1.165) is 5.57 Å². The Morgan fingerprint density at radius 3 is 2.78 bits per heavy atom. The van der Waals surface area contributed by atoms with Crippen molar-refractivity contribution in [3.8, 4) is 0 Å². The van der Waals surface area contributed by atoms with Gasteiger partial charge in [-0.25, -0.2) is 0 Å². The second kappa shape index (κ2) is 2.48. The van der Waals surface area contributed by atoms with Crippen LogP contribution in [0.3, 0.4) is 0 Å². The molecule has 9 heavy (non-hydrogen) atoms. The van der Waals surface area contributed by atoms with E-state index in [9.17, 15) is 5.11 Å². The van der Waals surface area contributed by atoms with Gasteiger partial charge in [-0.3, -0.25) is 0 Å². The number of hydrogen-bond donors (Lipinski definition) is 1. The standard InChI is InChI=1S/C7H10OS/c1-5-3-4-9-6(2)7(5)8/h3-4,6,8H,1-2H3. The molecule has 1 atom stereocenters. The topological polar surface area (TPSA) is 20.2 Å². The molecule has 0 fully saturated rings. The van der Waals surface area contributed by atoms with Gasteiger partial charge in [0.2, 0.25) is 0 Å². The molecule has 1 aliphatic heterocycles. The van der Waals surface area contributed by atoms with Crippen LogP contribution in [0.1, 0.15) is 13.8 Å². The van der Waals surface area contributed by atoms with Crippen LogP contribution in [-0.2, 0) is 0 Å². The molecule has 0 bridgehead atoms. The molecule has 1 rings (SSSR count). The first-order valence-electron chi connectivity index (χ1n) is 2.93. The van der Waals surface area contributed by atoms with Gasteiger partial charge in [0, 0.05) is 0 Å². The lowest BCUT2D eigenvalue weighted by atomic mass is 10.2. The van der Waals surface area contributed by atoms with E-state index >= 15 is 0 Å². The predicted molar refractivity (Wildman–Crippen MR) is 41.5 cm³/mol. The molecule has 1 heterocycles. The van der Waals surface area contributed by atoms with E-state index < -0.39 is 0 Å². The second-order valence-corrected chi connectivity index (χ2v) is 3.40. The molecular formula is C7H10OS. The Balaban J connectivity index is 2.83. The van der Waals surface area contributed by atoms with Gasteiger partial charge < -0.3 is 5.11 Å². The van der Waals surface area contributed by atoms with E-state index in [4.69, 9.17) is 0 Å². The minimum atomic E-state index is 0.245. The fourth-order valence-electron chi connectivity index (χ4n) is 0.730. The summed E-state index contributed by atoms with van der Waals surface area (Å²) in [6.07, 6.45) is 1.93. The molecule has 2 heteroatoms. The molecule has 0 amide bonds. The lowest BCUT2D eigenvalue weighted by Crippen LogP contribution is -2.03. The summed E-state index contributed by atoms with van der Waals surface area (Å²) in [4.78, 5) is 0. The molecule has 1 nitrogen and oxygen atoms in total. The minimum Gasteiger partial charge on any atom is -0.511 e. The number of thioether (sulfide) groups is 1. The Labute approximate surface area is 59.5 Å². The number of rotatable bonds is 0. The number of allylic oxidation sites excluding steroid dienone is 2. The third-order valence-electron chi connectivity index (χ3n) is 1.39. The highest BCUT2D eigenvalue weighted by molar-refractivity contribution is 8.02. The summed E-state index contributed by atoms with van der Waals surface area (Å²) >= 11 is 1.64. The van der Waals surface area contributed by atoms with Crippen LogP contribution in [0.5, 0.6) is 0 Å². The number of aliphatic hydroxyl groups is 1. The molecule has 50 valence electrons. The average Bonchev–Trinajstić information content (AvgIpc) is 1.83. The van der Waals surface area contributed by atoms with E-state index in [1.165, 1.54) is 0 Å². The monoisotopic (exact) mass is 142 g/mol. The van der Waals surface area contributed by atoms with Crippen LogP contribution in [0.2, 0.25) is 0 Å². The van der Waals surface area contributed by atoms with Crippen LogP contribution in [0.4, 0.5) is 0 Å². The van der Waals surface area contributed by atoms with Crippen molar-refractivity contribution < 1.29 is 5.11 Å². The average molecular weight is 142 g/mol. The van der Waals surface area contributed by atoms with Crippen LogP contribution >= 0.6 is 11.8 Å². The molecule has 1 aliphatic rings. The van der Waals surface area contributed by atoms with Gasteiger partial charge in [-0.05, 0) is 30.9 Å². The first-order valence-corrected chi connectivity index (χ1v) is 3.88. The third-order valence-corrected chi connectivity index (χ3v) is 2.31. The SMILES string of the molecule is CC1=C(O)C(C)SC=C1. The molecule has 0 aromatic rings. The summed E-state index contributed by atoms with van der Waals surface area (Å²) in [7, 11) is 0. The lowest BCUT2D eigenvalue weighted by Gasteiger charge is -2.13. The molecule has 0 aromatic carbocycles. The highest BCUT2D eigenvalue weighted by Crippen LogP contribution is 2.26. The maximum Gasteiger partial charge on any atom is 0.108 e. The fourth-order valence-corrected chi connectivity index (χ4v) is 1.56. The Morgan fingerprint density at radius 1 is 1.67 bits per heavy atom. The summed E-state index contributed by atoms with van der Waals surface area (Å²) in [5.74, 6) is 0.516. The van der Waals surface area contributed by atoms with Gasteiger partial charge in [0.1, 0.15) is 5.76 Å². The molecule has 0 spiro atoms. The molecule has 0 saturated carbocycles. The third kappa shape index (κ3) is 1.30. The molecular weight excluding hydrogens is 132 g/mol. The maximum absolute atomic E-state index is 9.25. The summed E-state index contributed by atoms with van der Waals surface area (Å²) in [6, 6.07) is 0. The molecule has 1 N–H and O–H groups in total. The van der Waals surface area contributed by atoms with Crippen molar-refractivity contribution in [3.63, 3.8) is 0 Å². The zero-order valence-corrected chi connectivity index (χ0v) is 6.40. The summed E-state index contributed by atoms with van der Waals surface area (Å²) in [5, 5.41) is 11.5. The van der Waals surface area contributed by atoms with Crippen molar-refractivity contribution in [2.45, 2.75) is 19.1 Å². The molecule has 0 radical (unpaired) electrons. The zero-order chi connectivity index (χ0) is 6.85. The molecule has 0 saturated heterocycles. The largest absolute Gasteiger partial charge is 0.511 e. The lowest BCUT2D eigenvalue weighted by molar-refractivity contribution is 0.393. The van der Waals surface area contributed by atoms with E-state index in [-0.39, 0.29) is 5.25 Å². The van der Waals surface area contributed by atoms with Gasteiger partial charge >= 0.3 is 0 Å². The smallest absolute Gasteiger partial charge is 0.108 e. The van der Waals surface area contributed by atoms with Gasteiger partial charge in [0.15, 0.2) is 0 Å². The molecule has 0 aliphatic carbocycles. The first-order chi connectivity index (χ1) is 4.22. The number of aliphatic hydroxyl groups excluding tert-OH is 1.